The van der Waals surface area contributed by atoms with E-state index in [2.05, 4.69) is 12.2 Å². The lowest BCUT2D eigenvalue weighted by atomic mass is 10.1. The molecule has 0 fully saturated rings. The van der Waals surface area contributed by atoms with Crippen molar-refractivity contribution in [1.29, 1.82) is 0 Å². The van der Waals surface area contributed by atoms with Gasteiger partial charge < -0.3 is 14.8 Å². The molecule has 0 spiro atoms. The van der Waals surface area contributed by atoms with Gasteiger partial charge in [-0.15, -0.1) is 0 Å². The van der Waals surface area contributed by atoms with Crippen molar-refractivity contribution in [2.75, 3.05) is 18.5 Å². The maximum Gasteiger partial charge on any atom is 0.344 e. The van der Waals surface area contributed by atoms with E-state index in [1.54, 1.807) is 6.07 Å². The molecule has 5 heteroatoms. The third kappa shape index (κ3) is 5.76. The monoisotopic (exact) mass is 327 g/mol. The first kappa shape index (κ1) is 17.5. The Morgan fingerprint density at radius 3 is 2.46 bits per heavy atom. The smallest absolute Gasteiger partial charge is 0.344 e. The predicted octanol–water partition coefficient (Wildman–Crippen LogP) is 3.12. The van der Waals surface area contributed by atoms with Crippen LogP contribution in [0.3, 0.4) is 0 Å². The minimum atomic E-state index is -0.590. The number of esters is 1. The number of amides is 1. The fraction of sp³-hybridized carbons (Fsp3) is 0.263. The Kier molecular flexibility index (Phi) is 6.37. The lowest BCUT2D eigenvalue weighted by Crippen LogP contribution is -2.23. The molecule has 0 unspecified atom stereocenters. The number of anilines is 1. The van der Waals surface area contributed by atoms with Crippen molar-refractivity contribution in [3.05, 3.63) is 59.7 Å². The maximum atomic E-state index is 11.8. The number of nitrogens with one attached hydrogen (secondary N) is 1. The molecule has 2 aromatic rings. The molecule has 0 saturated heterocycles. The van der Waals surface area contributed by atoms with Crippen LogP contribution in [0.2, 0.25) is 0 Å². The van der Waals surface area contributed by atoms with Crippen molar-refractivity contribution in [1.82, 2.24) is 0 Å². The molecule has 0 aliphatic carbocycles. The van der Waals surface area contributed by atoms with E-state index in [1.165, 1.54) is 5.56 Å². The molecule has 0 aromatic heterocycles. The largest absolute Gasteiger partial charge is 0.482 e. The highest BCUT2D eigenvalue weighted by Gasteiger charge is 2.09. The highest BCUT2D eigenvalue weighted by Crippen LogP contribution is 2.12. The summed E-state index contributed by atoms with van der Waals surface area (Å²) in [6, 6.07) is 14.9. The lowest BCUT2D eigenvalue weighted by molar-refractivity contribution is -0.149. The topological polar surface area (TPSA) is 64.6 Å². The van der Waals surface area contributed by atoms with Crippen molar-refractivity contribution in [2.24, 2.45) is 0 Å². The van der Waals surface area contributed by atoms with Gasteiger partial charge >= 0.3 is 5.97 Å². The summed E-state index contributed by atoms with van der Waals surface area (Å²) >= 11 is 0. The van der Waals surface area contributed by atoms with Gasteiger partial charge in [-0.05, 0) is 48.7 Å². The van der Waals surface area contributed by atoms with E-state index < -0.39 is 5.97 Å². The summed E-state index contributed by atoms with van der Waals surface area (Å²) in [6.07, 6.45) is 0.937. The highest BCUT2D eigenvalue weighted by atomic mass is 16.6. The average Bonchev–Trinajstić information content (AvgIpc) is 2.59. The number of hydrogen-bond acceptors (Lipinski definition) is 4. The van der Waals surface area contributed by atoms with Crippen LogP contribution in [0.15, 0.2) is 48.5 Å². The second-order valence-corrected chi connectivity index (χ2v) is 5.36. The van der Waals surface area contributed by atoms with E-state index in [9.17, 15) is 9.59 Å². The Labute approximate surface area is 141 Å². The first-order chi connectivity index (χ1) is 11.6. The first-order valence-electron chi connectivity index (χ1n) is 7.80. The zero-order valence-electron chi connectivity index (χ0n) is 13.9. The number of carbonyl (C=O) groups excluding carboxylic acids is 2. The van der Waals surface area contributed by atoms with Crippen molar-refractivity contribution in [2.45, 2.75) is 20.3 Å². The normalized spacial score (nSPS) is 10.1. The van der Waals surface area contributed by atoms with Crippen LogP contribution in [-0.4, -0.2) is 25.1 Å². The molecule has 0 radical (unpaired) electrons. The molecule has 2 rings (SSSR count). The summed E-state index contributed by atoms with van der Waals surface area (Å²) in [7, 11) is 0. The second kappa shape index (κ2) is 8.72. The van der Waals surface area contributed by atoms with Crippen molar-refractivity contribution < 1.29 is 19.1 Å². The average molecular weight is 327 g/mol. The van der Waals surface area contributed by atoms with Crippen LogP contribution < -0.4 is 10.1 Å². The van der Waals surface area contributed by atoms with Gasteiger partial charge in [0.05, 0.1) is 0 Å². The van der Waals surface area contributed by atoms with Gasteiger partial charge in [0.2, 0.25) is 0 Å². The van der Waals surface area contributed by atoms with Crippen LogP contribution in [-0.2, 0) is 20.7 Å². The van der Waals surface area contributed by atoms with E-state index in [4.69, 9.17) is 9.47 Å². The van der Waals surface area contributed by atoms with Crippen LogP contribution in [0.5, 0.6) is 5.75 Å². The van der Waals surface area contributed by atoms with Gasteiger partial charge in [0.1, 0.15) is 5.75 Å². The second-order valence-electron chi connectivity index (χ2n) is 5.36. The number of rotatable bonds is 7. The van der Waals surface area contributed by atoms with Gasteiger partial charge in [-0.2, -0.15) is 0 Å². The molecule has 5 nitrogen and oxygen atoms in total. The molecule has 2 aromatic carbocycles. The van der Waals surface area contributed by atoms with E-state index >= 15 is 0 Å². The molecule has 0 heterocycles. The van der Waals surface area contributed by atoms with E-state index in [0.29, 0.717) is 11.4 Å². The summed E-state index contributed by atoms with van der Waals surface area (Å²) in [4.78, 5) is 23.4. The molecular weight excluding hydrogens is 306 g/mol. The van der Waals surface area contributed by atoms with Gasteiger partial charge in [0.15, 0.2) is 13.2 Å². The SMILES string of the molecule is CCc1ccc(NC(=O)COC(=O)COc2cccc(C)c2)cc1. The van der Waals surface area contributed by atoms with E-state index in [-0.39, 0.29) is 19.1 Å². The van der Waals surface area contributed by atoms with E-state index in [1.807, 2.05) is 49.4 Å². The fourth-order valence-electron chi connectivity index (χ4n) is 2.06. The van der Waals surface area contributed by atoms with E-state index in [0.717, 1.165) is 12.0 Å². The molecule has 0 atom stereocenters. The highest BCUT2D eigenvalue weighted by molar-refractivity contribution is 5.92. The fourth-order valence-corrected chi connectivity index (χ4v) is 2.06. The Hall–Kier alpha value is -2.82. The predicted molar refractivity (Wildman–Crippen MR) is 92.1 cm³/mol. The third-order valence-corrected chi connectivity index (χ3v) is 3.36. The quantitative estimate of drug-likeness (QED) is 0.794. The number of carbonyl (C=O) groups is 2. The van der Waals surface area contributed by atoms with Crippen molar-refractivity contribution >= 4 is 17.6 Å². The molecular formula is C19H21NO4. The van der Waals surface area contributed by atoms with Gasteiger partial charge in [-0.1, -0.05) is 31.2 Å². The number of hydrogen-bond donors (Lipinski definition) is 1. The summed E-state index contributed by atoms with van der Waals surface area (Å²) in [5.41, 5.74) is 2.89. The van der Waals surface area contributed by atoms with Crippen LogP contribution in [0.25, 0.3) is 0 Å². The molecule has 0 bridgehead atoms. The van der Waals surface area contributed by atoms with Gasteiger partial charge in [-0.3, -0.25) is 4.79 Å². The van der Waals surface area contributed by atoms with Gasteiger partial charge in [0, 0.05) is 5.69 Å². The van der Waals surface area contributed by atoms with Gasteiger partial charge in [0.25, 0.3) is 5.91 Å². The summed E-state index contributed by atoms with van der Waals surface area (Å²) in [5.74, 6) is -0.386. The first-order valence-corrected chi connectivity index (χ1v) is 7.80. The lowest BCUT2D eigenvalue weighted by Gasteiger charge is -2.08. The zero-order chi connectivity index (χ0) is 17.4. The van der Waals surface area contributed by atoms with Crippen molar-refractivity contribution in [3.63, 3.8) is 0 Å². The number of benzene rings is 2. The minimum Gasteiger partial charge on any atom is -0.482 e. The van der Waals surface area contributed by atoms with Crippen LogP contribution in [0.1, 0.15) is 18.1 Å². The summed E-state index contributed by atoms with van der Waals surface area (Å²) in [5, 5.41) is 2.67. The number of ether oxygens (including phenoxy) is 2. The molecule has 126 valence electrons. The van der Waals surface area contributed by atoms with Gasteiger partial charge in [-0.25, -0.2) is 4.79 Å². The summed E-state index contributed by atoms with van der Waals surface area (Å²) in [6.45, 7) is 3.42. The third-order valence-electron chi connectivity index (χ3n) is 3.36. The number of aryl methyl sites for hydroxylation is 2. The molecule has 0 saturated carbocycles. The van der Waals surface area contributed by atoms with Crippen LogP contribution in [0, 0.1) is 6.92 Å². The standard InChI is InChI=1S/C19H21NO4/c1-3-15-7-9-16(10-8-15)20-18(21)12-24-19(22)13-23-17-6-4-5-14(2)11-17/h4-11H,3,12-13H2,1-2H3,(H,20,21). The molecule has 24 heavy (non-hydrogen) atoms. The molecule has 1 N–H and O–H groups in total. The maximum absolute atomic E-state index is 11.8. The van der Waals surface area contributed by atoms with Crippen molar-refractivity contribution in [3.8, 4) is 5.75 Å². The van der Waals surface area contributed by atoms with Crippen LogP contribution in [0.4, 0.5) is 5.69 Å². The zero-order valence-corrected chi connectivity index (χ0v) is 13.9. The molecule has 0 aliphatic heterocycles. The Bertz CT molecular complexity index is 695. The molecule has 0 aliphatic rings. The Morgan fingerprint density at radius 1 is 1.04 bits per heavy atom. The van der Waals surface area contributed by atoms with Crippen LogP contribution >= 0.6 is 0 Å². The molecule has 1 amide bonds. The summed E-state index contributed by atoms with van der Waals surface area (Å²) < 4.78 is 10.2. The minimum absolute atomic E-state index is 0.234. The Balaban J connectivity index is 1.71. The Morgan fingerprint density at radius 2 is 1.79 bits per heavy atom.